The van der Waals surface area contributed by atoms with Gasteiger partial charge in [-0.3, -0.25) is 9.20 Å². The third kappa shape index (κ3) is 2.28. The van der Waals surface area contributed by atoms with E-state index in [1.165, 1.54) is 12.8 Å². The standard InChI is InChI=1S/C21H26N6O/c28-17(26-11-1-2-12-26)13-20-4-7-21(8-5-20,9-6-20)19-25-24-16-14-23-18-15(27(16)19)3-10-22-18/h3,10,14,22H,1-2,4-9,11-13H2. The lowest BCUT2D eigenvalue weighted by Crippen LogP contribution is -2.47. The summed E-state index contributed by atoms with van der Waals surface area (Å²) in [7, 11) is 0. The second kappa shape index (κ2) is 5.78. The molecule has 4 heterocycles. The fourth-order valence-corrected chi connectivity index (χ4v) is 5.98. The van der Waals surface area contributed by atoms with Crippen molar-refractivity contribution < 1.29 is 4.79 Å². The number of rotatable bonds is 3. The number of hydrogen-bond donors (Lipinski definition) is 1. The lowest BCUT2D eigenvalue weighted by Gasteiger charge is -2.52. The zero-order chi connectivity index (χ0) is 18.8. The Bertz CT molecular complexity index is 1030. The molecule has 2 bridgehead atoms. The van der Waals surface area contributed by atoms with Crippen LogP contribution in [0.1, 0.15) is 63.6 Å². The third-order valence-corrected chi connectivity index (χ3v) is 7.80. The van der Waals surface area contributed by atoms with Crippen LogP contribution in [0.2, 0.25) is 0 Å². The Morgan fingerprint density at radius 1 is 1.07 bits per heavy atom. The summed E-state index contributed by atoms with van der Waals surface area (Å²) in [5.41, 5.74) is 3.06. The van der Waals surface area contributed by atoms with Gasteiger partial charge >= 0.3 is 0 Å². The normalized spacial score (nSPS) is 29.9. The van der Waals surface area contributed by atoms with E-state index in [0.29, 0.717) is 5.91 Å². The predicted octanol–water partition coefficient (Wildman–Crippen LogP) is 3.21. The van der Waals surface area contributed by atoms with Gasteiger partial charge in [0, 0.05) is 31.1 Å². The van der Waals surface area contributed by atoms with Gasteiger partial charge in [-0.25, -0.2) is 4.98 Å². The summed E-state index contributed by atoms with van der Waals surface area (Å²) in [6.07, 6.45) is 13.5. The number of nitrogens with one attached hydrogen (secondary N) is 1. The maximum absolute atomic E-state index is 12.8. The van der Waals surface area contributed by atoms with Crippen LogP contribution in [-0.2, 0) is 10.2 Å². The van der Waals surface area contributed by atoms with Crippen LogP contribution in [0.3, 0.4) is 0 Å². The number of carbonyl (C=O) groups is 1. The fourth-order valence-electron chi connectivity index (χ4n) is 5.98. The summed E-state index contributed by atoms with van der Waals surface area (Å²) in [5.74, 6) is 1.48. The summed E-state index contributed by atoms with van der Waals surface area (Å²) in [6, 6.07) is 2.06. The molecule has 1 N–H and O–H groups in total. The number of nitrogens with zero attached hydrogens (tertiary/aromatic N) is 5. The molecule has 0 unspecified atom stereocenters. The maximum atomic E-state index is 12.8. The number of amides is 1. The number of hydrogen-bond acceptors (Lipinski definition) is 4. The molecule has 3 aromatic heterocycles. The molecule has 146 valence electrons. The molecule has 1 aliphatic heterocycles. The summed E-state index contributed by atoms with van der Waals surface area (Å²) in [5, 5.41) is 9.07. The number of fused-ring (bicyclic) bond motifs is 6. The first kappa shape index (κ1) is 16.5. The molecule has 0 aromatic carbocycles. The summed E-state index contributed by atoms with van der Waals surface area (Å²) in [6.45, 7) is 1.93. The van der Waals surface area contributed by atoms with E-state index in [1.54, 1.807) is 6.20 Å². The van der Waals surface area contributed by atoms with Crippen molar-refractivity contribution in [1.29, 1.82) is 0 Å². The zero-order valence-corrected chi connectivity index (χ0v) is 16.2. The molecule has 7 nitrogen and oxygen atoms in total. The number of likely N-dealkylation sites (tertiary alicyclic amines) is 1. The molecular formula is C21H26N6O. The lowest BCUT2D eigenvalue weighted by atomic mass is 9.52. The largest absolute Gasteiger partial charge is 0.345 e. The van der Waals surface area contributed by atoms with Gasteiger partial charge in [-0.15, -0.1) is 10.2 Å². The van der Waals surface area contributed by atoms with E-state index >= 15 is 0 Å². The molecule has 3 saturated carbocycles. The quantitative estimate of drug-likeness (QED) is 0.759. The summed E-state index contributed by atoms with van der Waals surface area (Å²) < 4.78 is 2.20. The SMILES string of the molecule is O=C(CC12CCC(c3nnc4cnc5[nH]ccc5n34)(CC1)CC2)N1CCCC1. The minimum absolute atomic E-state index is 0.0867. The van der Waals surface area contributed by atoms with Crippen molar-refractivity contribution in [3.63, 3.8) is 0 Å². The van der Waals surface area contributed by atoms with Gasteiger partial charge in [0.05, 0.1) is 11.7 Å². The van der Waals surface area contributed by atoms with E-state index in [2.05, 4.69) is 35.5 Å². The van der Waals surface area contributed by atoms with E-state index < -0.39 is 0 Å². The molecule has 1 saturated heterocycles. The third-order valence-electron chi connectivity index (χ3n) is 7.80. The minimum Gasteiger partial charge on any atom is -0.345 e. The van der Waals surface area contributed by atoms with Crippen molar-refractivity contribution >= 4 is 22.7 Å². The number of aromatic amines is 1. The Balaban J connectivity index is 1.30. The average molecular weight is 378 g/mol. The lowest BCUT2D eigenvalue weighted by molar-refractivity contribution is -0.135. The van der Waals surface area contributed by atoms with Gasteiger partial charge in [0.2, 0.25) is 5.91 Å². The molecule has 1 amide bonds. The molecule has 0 atom stereocenters. The molecule has 0 spiro atoms. The number of aromatic nitrogens is 5. The molecular weight excluding hydrogens is 352 g/mol. The fraction of sp³-hybridized carbons (Fsp3) is 0.619. The molecule has 3 aromatic rings. The van der Waals surface area contributed by atoms with Crippen LogP contribution in [0.5, 0.6) is 0 Å². The van der Waals surface area contributed by atoms with Crippen LogP contribution in [0.4, 0.5) is 0 Å². The van der Waals surface area contributed by atoms with E-state index in [4.69, 9.17) is 0 Å². The molecule has 0 radical (unpaired) electrons. The topological polar surface area (TPSA) is 79.2 Å². The van der Waals surface area contributed by atoms with Crippen LogP contribution >= 0.6 is 0 Å². The van der Waals surface area contributed by atoms with Crippen molar-refractivity contribution in [2.75, 3.05) is 13.1 Å². The Morgan fingerprint density at radius 3 is 2.57 bits per heavy atom. The van der Waals surface area contributed by atoms with Crippen molar-refractivity contribution in [2.24, 2.45) is 5.41 Å². The second-order valence-electron chi connectivity index (χ2n) is 9.23. The highest BCUT2D eigenvalue weighted by Crippen LogP contribution is 2.59. The molecule has 3 aliphatic carbocycles. The van der Waals surface area contributed by atoms with Crippen LogP contribution in [0.25, 0.3) is 16.8 Å². The van der Waals surface area contributed by atoms with Crippen molar-refractivity contribution in [3.05, 3.63) is 24.3 Å². The number of H-pyrrole nitrogens is 1. The summed E-state index contributed by atoms with van der Waals surface area (Å²) in [4.78, 5) is 22.5. The Labute approximate surface area is 163 Å². The van der Waals surface area contributed by atoms with E-state index in [1.807, 2.05) is 6.20 Å². The Hall–Kier alpha value is -2.44. The van der Waals surface area contributed by atoms with Gasteiger partial charge in [0.25, 0.3) is 0 Å². The van der Waals surface area contributed by atoms with Gasteiger partial charge in [0.1, 0.15) is 5.82 Å². The van der Waals surface area contributed by atoms with Gasteiger partial charge in [-0.2, -0.15) is 0 Å². The van der Waals surface area contributed by atoms with Crippen LogP contribution in [0, 0.1) is 5.41 Å². The van der Waals surface area contributed by atoms with E-state index in [0.717, 1.165) is 80.7 Å². The van der Waals surface area contributed by atoms with Gasteiger partial charge in [0.15, 0.2) is 11.3 Å². The maximum Gasteiger partial charge on any atom is 0.223 e. The van der Waals surface area contributed by atoms with Crippen LogP contribution < -0.4 is 0 Å². The van der Waals surface area contributed by atoms with Crippen molar-refractivity contribution in [3.8, 4) is 0 Å². The van der Waals surface area contributed by atoms with Gasteiger partial charge in [-0.1, -0.05) is 0 Å². The summed E-state index contributed by atoms with van der Waals surface area (Å²) >= 11 is 0. The molecule has 28 heavy (non-hydrogen) atoms. The monoisotopic (exact) mass is 378 g/mol. The highest BCUT2D eigenvalue weighted by molar-refractivity contribution is 5.77. The van der Waals surface area contributed by atoms with Crippen molar-refractivity contribution in [2.45, 2.75) is 63.2 Å². The highest BCUT2D eigenvalue weighted by Gasteiger charge is 2.52. The van der Waals surface area contributed by atoms with Crippen LogP contribution in [0.15, 0.2) is 18.5 Å². The minimum atomic E-state index is 0.0867. The zero-order valence-electron chi connectivity index (χ0n) is 16.2. The van der Waals surface area contributed by atoms with Gasteiger partial charge < -0.3 is 9.88 Å². The highest BCUT2D eigenvalue weighted by atomic mass is 16.2. The first-order valence-corrected chi connectivity index (χ1v) is 10.6. The second-order valence-corrected chi connectivity index (χ2v) is 9.23. The molecule has 4 aliphatic rings. The molecule has 7 rings (SSSR count). The van der Waals surface area contributed by atoms with E-state index in [9.17, 15) is 4.79 Å². The first-order chi connectivity index (χ1) is 13.7. The van der Waals surface area contributed by atoms with E-state index in [-0.39, 0.29) is 10.8 Å². The predicted molar refractivity (Wildman–Crippen MR) is 105 cm³/mol. The number of carbonyl (C=O) groups excluding carboxylic acids is 1. The molecule has 7 heteroatoms. The average Bonchev–Trinajstić information content (AvgIpc) is 3.48. The van der Waals surface area contributed by atoms with Gasteiger partial charge in [-0.05, 0) is 62.8 Å². The smallest absolute Gasteiger partial charge is 0.223 e. The molecule has 4 fully saturated rings. The first-order valence-electron chi connectivity index (χ1n) is 10.6. The Kier molecular flexibility index (Phi) is 3.41. The van der Waals surface area contributed by atoms with Crippen LogP contribution in [-0.4, -0.2) is 48.5 Å². The van der Waals surface area contributed by atoms with Crippen molar-refractivity contribution in [1.82, 2.24) is 29.5 Å². The Morgan fingerprint density at radius 2 is 1.82 bits per heavy atom.